The molecule has 0 spiro atoms. The van der Waals surface area contributed by atoms with Crippen molar-refractivity contribution in [1.82, 2.24) is 10.3 Å². The first-order valence-corrected chi connectivity index (χ1v) is 14.3. The third-order valence-corrected chi connectivity index (χ3v) is 7.43. The van der Waals surface area contributed by atoms with E-state index in [-0.39, 0.29) is 18.9 Å². The van der Waals surface area contributed by atoms with Crippen molar-refractivity contribution in [3.63, 3.8) is 0 Å². The lowest BCUT2D eigenvalue weighted by atomic mass is 10.0. The SMILES string of the molecule is CCCCCc1ccc(-c2csc(N(Cc3ccc(C(=O)NCCC(=O)O)cc3)c3ccc(C)cc3)n2)cc1. The van der Waals surface area contributed by atoms with Gasteiger partial charge in [0.05, 0.1) is 18.7 Å². The number of carbonyl (C=O) groups excluding carboxylic acids is 1. The summed E-state index contributed by atoms with van der Waals surface area (Å²) >= 11 is 1.61. The van der Waals surface area contributed by atoms with Gasteiger partial charge < -0.3 is 15.3 Å². The van der Waals surface area contributed by atoms with E-state index in [0.717, 1.165) is 34.1 Å². The van der Waals surface area contributed by atoms with Crippen molar-refractivity contribution >= 4 is 34.0 Å². The third-order valence-electron chi connectivity index (χ3n) is 6.57. The Bertz CT molecular complexity index is 1360. The fourth-order valence-electron chi connectivity index (χ4n) is 4.27. The maximum absolute atomic E-state index is 12.3. The van der Waals surface area contributed by atoms with Crippen LogP contribution in [0, 0.1) is 6.92 Å². The Morgan fingerprint density at radius 1 is 0.923 bits per heavy atom. The number of hydrogen-bond donors (Lipinski definition) is 2. The number of nitrogens with zero attached hydrogens (tertiary/aromatic N) is 2. The number of aryl methyl sites for hydroxylation is 2. The van der Waals surface area contributed by atoms with Gasteiger partial charge in [-0.15, -0.1) is 11.3 Å². The molecule has 7 heteroatoms. The van der Waals surface area contributed by atoms with Crippen LogP contribution in [-0.4, -0.2) is 28.5 Å². The van der Waals surface area contributed by atoms with Crippen LogP contribution in [0.1, 0.15) is 59.7 Å². The van der Waals surface area contributed by atoms with E-state index in [9.17, 15) is 9.59 Å². The minimum Gasteiger partial charge on any atom is -0.481 e. The molecule has 0 radical (unpaired) electrons. The molecular formula is C32H35N3O3S. The number of unbranched alkanes of at least 4 members (excludes halogenated alkanes) is 2. The van der Waals surface area contributed by atoms with E-state index >= 15 is 0 Å². The van der Waals surface area contributed by atoms with Crippen molar-refractivity contribution in [2.75, 3.05) is 11.4 Å². The summed E-state index contributed by atoms with van der Waals surface area (Å²) in [6.07, 6.45) is 4.72. The van der Waals surface area contributed by atoms with Crippen LogP contribution < -0.4 is 10.2 Å². The van der Waals surface area contributed by atoms with Gasteiger partial charge in [-0.3, -0.25) is 9.59 Å². The zero-order chi connectivity index (χ0) is 27.6. The summed E-state index contributed by atoms with van der Waals surface area (Å²) in [4.78, 5) is 30.2. The summed E-state index contributed by atoms with van der Waals surface area (Å²) in [6.45, 7) is 4.99. The van der Waals surface area contributed by atoms with Crippen molar-refractivity contribution in [3.05, 3.63) is 100 Å². The third kappa shape index (κ3) is 8.01. The highest BCUT2D eigenvalue weighted by Gasteiger charge is 2.16. The molecule has 2 N–H and O–H groups in total. The van der Waals surface area contributed by atoms with Gasteiger partial charge >= 0.3 is 5.97 Å². The summed E-state index contributed by atoms with van der Waals surface area (Å²) in [5.74, 6) is -1.22. The van der Waals surface area contributed by atoms with Crippen molar-refractivity contribution in [2.24, 2.45) is 0 Å². The van der Waals surface area contributed by atoms with Gasteiger partial charge in [-0.1, -0.05) is 73.9 Å². The Hall–Kier alpha value is -3.97. The molecular weight excluding hydrogens is 506 g/mol. The maximum Gasteiger partial charge on any atom is 0.305 e. The van der Waals surface area contributed by atoms with Crippen LogP contribution in [0.5, 0.6) is 0 Å². The average molecular weight is 542 g/mol. The minimum atomic E-state index is -0.938. The Kier molecular flexibility index (Phi) is 9.86. The Morgan fingerprint density at radius 3 is 2.28 bits per heavy atom. The smallest absolute Gasteiger partial charge is 0.305 e. The normalized spacial score (nSPS) is 10.8. The van der Waals surface area contributed by atoms with Crippen LogP contribution in [0.4, 0.5) is 10.8 Å². The van der Waals surface area contributed by atoms with Crippen LogP contribution in [0.25, 0.3) is 11.3 Å². The minimum absolute atomic E-state index is 0.102. The number of carboxylic acids is 1. The van der Waals surface area contributed by atoms with Crippen molar-refractivity contribution < 1.29 is 14.7 Å². The van der Waals surface area contributed by atoms with E-state index in [1.54, 1.807) is 23.5 Å². The number of carbonyl (C=O) groups is 2. The van der Waals surface area contributed by atoms with E-state index in [1.165, 1.54) is 30.4 Å². The molecule has 0 aliphatic carbocycles. The van der Waals surface area contributed by atoms with E-state index in [0.29, 0.717) is 12.1 Å². The number of thiazole rings is 1. The zero-order valence-electron chi connectivity index (χ0n) is 22.5. The molecule has 0 saturated carbocycles. The summed E-state index contributed by atoms with van der Waals surface area (Å²) in [7, 11) is 0. The topological polar surface area (TPSA) is 82.5 Å². The van der Waals surface area contributed by atoms with Crippen LogP contribution in [0.3, 0.4) is 0 Å². The Labute approximate surface area is 234 Å². The molecule has 1 heterocycles. The highest BCUT2D eigenvalue weighted by Crippen LogP contribution is 2.34. The number of aliphatic carboxylic acids is 1. The lowest BCUT2D eigenvalue weighted by Gasteiger charge is -2.22. The lowest BCUT2D eigenvalue weighted by molar-refractivity contribution is -0.136. The number of hydrogen-bond acceptors (Lipinski definition) is 5. The predicted molar refractivity (Wildman–Crippen MR) is 159 cm³/mol. The largest absolute Gasteiger partial charge is 0.481 e. The van der Waals surface area contributed by atoms with Gasteiger partial charge in [0.15, 0.2) is 5.13 Å². The van der Waals surface area contributed by atoms with Crippen molar-refractivity contribution in [2.45, 2.75) is 52.5 Å². The van der Waals surface area contributed by atoms with Crippen LogP contribution in [-0.2, 0) is 17.8 Å². The van der Waals surface area contributed by atoms with Gasteiger partial charge in [-0.05, 0) is 55.2 Å². The zero-order valence-corrected chi connectivity index (χ0v) is 23.3. The molecule has 0 aliphatic heterocycles. The number of nitrogens with one attached hydrogen (secondary N) is 1. The van der Waals surface area contributed by atoms with Crippen LogP contribution in [0.15, 0.2) is 78.2 Å². The summed E-state index contributed by atoms with van der Waals surface area (Å²) < 4.78 is 0. The molecule has 39 heavy (non-hydrogen) atoms. The second-order valence-electron chi connectivity index (χ2n) is 9.69. The Balaban J connectivity index is 1.51. The molecule has 1 amide bonds. The summed E-state index contributed by atoms with van der Waals surface area (Å²) in [5.41, 5.74) is 7.20. The molecule has 4 aromatic rings. The molecule has 0 saturated heterocycles. The van der Waals surface area contributed by atoms with Crippen molar-refractivity contribution in [1.29, 1.82) is 0 Å². The van der Waals surface area contributed by atoms with Gasteiger partial charge in [-0.2, -0.15) is 0 Å². The number of anilines is 2. The standard InChI is InChI=1S/C32H35N3O3S/c1-3-4-5-6-24-9-13-26(14-10-24)29-22-39-32(34-29)35(28-17-7-23(2)8-18-28)21-25-11-15-27(16-12-25)31(38)33-20-19-30(36)37/h7-18,22H,3-6,19-21H2,1-2H3,(H,33,38)(H,36,37). The second-order valence-corrected chi connectivity index (χ2v) is 10.5. The van der Waals surface area contributed by atoms with Gasteiger partial charge in [0.1, 0.15) is 0 Å². The molecule has 3 aromatic carbocycles. The van der Waals surface area contributed by atoms with Gasteiger partial charge in [-0.25, -0.2) is 4.98 Å². The molecule has 6 nitrogen and oxygen atoms in total. The number of amides is 1. The lowest BCUT2D eigenvalue weighted by Crippen LogP contribution is -2.26. The highest BCUT2D eigenvalue weighted by atomic mass is 32.1. The Morgan fingerprint density at radius 2 is 1.62 bits per heavy atom. The summed E-state index contributed by atoms with van der Waals surface area (Å²) in [6, 6.07) is 24.5. The second kappa shape index (κ2) is 13.7. The first-order valence-electron chi connectivity index (χ1n) is 13.4. The molecule has 0 fully saturated rings. The monoisotopic (exact) mass is 541 g/mol. The molecule has 0 unspecified atom stereocenters. The van der Waals surface area contributed by atoms with Gasteiger partial charge in [0.25, 0.3) is 5.91 Å². The highest BCUT2D eigenvalue weighted by molar-refractivity contribution is 7.14. The fraction of sp³-hybridized carbons (Fsp3) is 0.281. The molecule has 202 valence electrons. The first-order chi connectivity index (χ1) is 18.9. The number of benzene rings is 3. The number of aromatic nitrogens is 1. The quantitative estimate of drug-likeness (QED) is 0.172. The van der Waals surface area contributed by atoms with Crippen LogP contribution in [0.2, 0.25) is 0 Å². The molecule has 0 atom stereocenters. The van der Waals surface area contributed by atoms with Gasteiger partial charge in [0.2, 0.25) is 0 Å². The molecule has 1 aromatic heterocycles. The summed E-state index contributed by atoms with van der Waals surface area (Å²) in [5, 5.41) is 14.4. The first kappa shape index (κ1) is 28.0. The molecule has 4 rings (SSSR count). The van der Waals surface area contributed by atoms with Crippen molar-refractivity contribution in [3.8, 4) is 11.3 Å². The average Bonchev–Trinajstić information content (AvgIpc) is 3.43. The number of carboxylic acid groups (broad SMARTS) is 1. The van der Waals surface area contributed by atoms with Crippen LogP contribution >= 0.6 is 11.3 Å². The predicted octanol–water partition coefficient (Wildman–Crippen LogP) is 7.39. The molecule has 0 bridgehead atoms. The van der Waals surface area contributed by atoms with E-state index in [4.69, 9.17) is 10.1 Å². The fourth-order valence-corrected chi connectivity index (χ4v) is 5.12. The molecule has 0 aliphatic rings. The number of rotatable bonds is 13. The van der Waals surface area contributed by atoms with E-state index in [2.05, 4.69) is 78.0 Å². The van der Waals surface area contributed by atoms with E-state index in [1.807, 2.05) is 12.1 Å². The maximum atomic E-state index is 12.3. The van der Waals surface area contributed by atoms with Gasteiger partial charge in [0, 0.05) is 28.7 Å². The van der Waals surface area contributed by atoms with E-state index < -0.39 is 5.97 Å².